The molecule has 1 aromatic heterocycles. The number of furan rings is 1. The van der Waals surface area contributed by atoms with Gasteiger partial charge < -0.3 is 4.42 Å². The summed E-state index contributed by atoms with van der Waals surface area (Å²) in [6.07, 6.45) is -1.08. The van der Waals surface area contributed by atoms with Gasteiger partial charge in [0.15, 0.2) is 0 Å². The molecule has 0 saturated carbocycles. The molecule has 1 heterocycles. The molecule has 0 bridgehead atoms. The Bertz CT molecular complexity index is 320. The molecule has 0 amide bonds. The van der Waals surface area contributed by atoms with Gasteiger partial charge in [0.1, 0.15) is 5.76 Å². The molecule has 0 unspecified atom stereocenters. The first-order chi connectivity index (χ1) is 6.39. The Morgan fingerprint density at radius 1 is 1.29 bits per heavy atom. The molecule has 0 aromatic carbocycles. The molecule has 0 aliphatic rings. The number of hydrogen-bond acceptors (Lipinski definition) is 1. The molecule has 14 heavy (non-hydrogen) atoms. The van der Waals surface area contributed by atoms with E-state index in [1.54, 1.807) is 12.2 Å². The van der Waals surface area contributed by atoms with Crippen molar-refractivity contribution in [3.63, 3.8) is 0 Å². The molecule has 0 fully saturated rings. The molecule has 0 N–H and O–H groups in total. The van der Waals surface area contributed by atoms with Crippen LogP contribution in [0, 0.1) is 5.92 Å². The van der Waals surface area contributed by atoms with Gasteiger partial charge in [0.25, 0.3) is 0 Å². The van der Waals surface area contributed by atoms with Crippen molar-refractivity contribution in [1.82, 2.24) is 0 Å². The van der Waals surface area contributed by atoms with Crippen molar-refractivity contribution in [3.05, 3.63) is 29.7 Å². The van der Waals surface area contributed by atoms with Gasteiger partial charge in [-0.3, -0.25) is 0 Å². The van der Waals surface area contributed by atoms with E-state index in [9.17, 15) is 13.2 Å². The second kappa shape index (κ2) is 3.90. The van der Waals surface area contributed by atoms with Gasteiger partial charge in [0.05, 0.1) is 0 Å². The third kappa shape index (κ3) is 2.94. The van der Waals surface area contributed by atoms with E-state index in [1.807, 2.05) is 13.8 Å². The molecule has 1 nitrogen and oxygen atoms in total. The van der Waals surface area contributed by atoms with Gasteiger partial charge in [-0.1, -0.05) is 19.9 Å². The molecule has 0 atom stereocenters. The summed E-state index contributed by atoms with van der Waals surface area (Å²) in [6.45, 7) is 3.87. The zero-order valence-electron chi connectivity index (χ0n) is 7.93. The SMILES string of the molecule is CC(C)/C=C/c1ccc(C(F)(F)F)o1. The second-order valence-corrected chi connectivity index (χ2v) is 3.30. The number of rotatable bonds is 2. The lowest BCUT2D eigenvalue weighted by Crippen LogP contribution is -2.01. The van der Waals surface area contributed by atoms with Gasteiger partial charge in [0, 0.05) is 0 Å². The van der Waals surface area contributed by atoms with Crippen LogP contribution in [0.15, 0.2) is 22.6 Å². The summed E-state index contributed by atoms with van der Waals surface area (Å²) < 4.78 is 40.8. The highest BCUT2D eigenvalue weighted by molar-refractivity contribution is 5.43. The topological polar surface area (TPSA) is 13.1 Å². The summed E-state index contributed by atoms with van der Waals surface area (Å²) >= 11 is 0. The first-order valence-corrected chi connectivity index (χ1v) is 4.25. The zero-order chi connectivity index (χ0) is 10.8. The summed E-state index contributed by atoms with van der Waals surface area (Å²) in [4.78, 5) is 0. The molecular weight excluding hydrogens is 193 g/mol. The molecule has 1 rings (SSSR count). The molecule has 1 aromatic rings. The Labute approximate surface area is 80.2 Å². The first kappa shape index (κ1) is 10.9. The van der Waals surface area contributed by atoms with E-state index in [2.05, 4.69) is 4.42 Å². The van der Waals surface area contributed by atoms with Crippen LogP contribution in [-0.4, -0.2) is 0 Å². The van der Waals surface area contributed by atoms with Crippen molar-refractivity contribution in [2.75, 3.05) is 0 Å². The molecular formula is C10H11F3O. The van der Waals surface area contributed by atoms with Gasteiger partial charge >= 0.3 is 6.18 Å². The van der Waals surface area contributed by atoms with Crippen molar-refractivity contribution in [1.29, 1.82) is 0 Å². The van der Waals surface area contributed by atoms with Crippen LogP contribution in [0.5, 0.6) is 0 Å². The van der Waals surface area contributed by atoms with E-state index in [0.29, 0.717) is 0 Å². The lowest BCUT2D eigenvalue weighted by Gasteiger charge is -1.99. The average molecular weight is 204 g/mol. The maximum atomic E-state index is 12.1. The Morgan fingerprint density at radius 2 is 1.93 bits per heavy atom. The van der Waals surface area contributed by atoms with Crippen LogP contribution >= 0.6 is 0 Å². The van der Waals surface area contributed by atoms with E-state index < -0.39 is 11.9 Å². The van der Waals surface area contributed by atoms with Gasteiger partial charge in [-0.2, -0.15) is 13.2 Å². The average Bonchev–Trinajstić information content (AvgIpc) is 2.47. The van der Waals surface area contributed by atoms with Crippen LogP contribution in [0.3, 0.4) is 0 Å². The van der Waals surface area contributed by atoms with E-state index in [4.69, 9.17) is 0 Å². The third-order valence-electron chi connectivity index (χ3n) is 1.55. The monoisotopic (exact) mass is 204 g/mol. The van der Waals surface area contributed by atoms with Crippen LogP contribution in [0.25, 0.3) is 6.08 Å². The van der Waals surface area contributed by atoms with Crippen molar-refractivity contribution >= 4 is 6.08 Å². The van der Waals surface area contributed by atoms with Crippen LogP contribution in [0.4, 0.5) is 13.2 Å². The van der Waals surface area contributed by atoms with E-state index in [1.165, 1.54) is 6.07 Å². The van der Waals surface area contributed by atoms with E-state index in [0.717, 1.165) is 6.07 Å². The Morgan fingerprint density at radius 3 is 2.36 bits per heavy atom. The number of allylic oxidation sites excluding steroid dienone is 1. The van der Waals surface area contributed by atoms with Crippen LogP contribution < -0.4 is 0 Å². The van der Waals surface area contributed by atoms with Crippen molar-refractivity contribution in [2.24, 2.45) is 5.92 Å². The van der Waals surface area contributed by atoms with Crippen molar-refractivity contribution in [3.8, 4) is 0 Å². The van der Waals surface area contributed by atoms with Crippen LogP contribution in [-0.2, 0) is 6.18 Å². The molecule has 0 aliphatic carbocycles. The predicted molar refractivity (Wildman–Crippen MR) is 47.6 cm³/mol. The minimum atomic E-state index is -4.40. The standard InChI is InChI=1S/C10H11F3O/c1-7(2)3-4-8-5-6-9(14-8)10(11,12)13/h3-7H,1-2H3/b4-3+. The van der Waals surface area contributed by atoms with Crippen molar-refractivity contribution in [2.45, 2.75) is 20.0 Å². The largest absolute Gasteiger partial charge is 0.452 e. The normalized spacial score (nSPS) is 13.0. The van der Waals surface area contributed by atoms with Gasteiger partial charge in [-0.15, -0.1) is 0 Å². The fraction of sp³-hybridized carbons (Fsp3) is 0.400. The van der Waals surface area contributed by atoms with Crippen molar-refractivity contribution < 1.29 is 17.6 Å². The molecule has 0 spiro atoms. The minimum Gasteiger partial charge on any atom is -0.452 e. The fourth-order valence-electron chi connectivity index (χ4n) is 0.882. The number of hydrogen-bond donors (Lipinski definition) is 0. The Balaban J connectivity index is 2.79. The minimum absolute atomic E-state index is 0.228. The number of halogens is 3. The Hall–Kier alpha value is -1.19. The summed E-state index contributed by atoms with van der Waals surface area (Å²) in [5.41, 5.74) is 0. The summed E-state index contributed by atoms with van der Waals surface area (Å²) in [6, 6.07) is 2.24. The quantitative estimate of drug-likeness (QED) is 0.710. The van der Waals surface area contributed by atoms with Gasteiger partial charge in [-0.05, 0) is 24.1 Å². The number of alkyl halides is 3. The highest BCUT2D eigenvalue weighted by Gasteiger charge is 2.34. The predicted octanol–water partition coefficient (Wildman–Crippen LogP) is 3.97. The van der Waals surface area contributed by atoms with E-state index >= 15 is 0 Å². The Kier molecular flexibility index (Phi) is 3.03. The third-order valence-corrected chi connectivity index (χ3v) is 1.55. The summed E-state index contributed by atoms with van der Waals surface area (Å²) in [5.74, 6) is -0.443. The lowest BCUT2D eigenvalue weighted by molar-refractivity contribution is -0.153. The lowest BCUT2D eigenvalue weighted by atomic mass is 10.2. The van der Waals surface area contributed by atoms with Gasteiger partial charge in [0.2, 0.25) is 5.76 Å². The van der Waals surface area contributed by atoms with Gasteiger partial charge in [-0.25, -0.2) is 0 Å². The van der Waals surface area contributed by atoms with E-state index in [-0.39, 0.29) is 11.7 Å². The van der Waals surface area contributed by atoms with Crippen LogP contribution in [0.2, 0.25) is 0 Å². The van der Waals surface area contributed by atoms with Crippen LogP contribution in [0.1, 0.15) is 25.4 Å². The molecule has 0 aliphatic heterocycles. The smallest absolute Gasteiger partial charge is 0.449 e. The first-order valence-electron chi connectivity index (χ1n) is 4.25. The second-order valence-electron chi connectivity index (χ2n) is 3.30. The fourth-order valence-corrected chi connectivity index (χ4v) is 0.882. The maximum Gasteiger partial charge on any atom is 0.449 e. The highest BCUT2D eigenvalue weighted by atomic mass is 19.4. The molecule has 0 saturated heterocycles. The zero-order valence-corrected chi connectivity index (χ0v) is 7.93. The highest BCUT2D eigenvalue weighted by Crippen LogP contribution is 2.30. The molecule has 0 radical (unpaired) electrons. The molecule has 4 heteroatoms. The summed E-state index contributed by atoms with van der Waals surface area (Å²) in [7, 11) is 0. The maximum absolute atomic E-state index is 12.1. The summed E-state index contributed by atoms with van der Waals surface area (Å²) in [5, 5.41) is 0. The molecule has 78 valence electrons.